The SMILES string of the molecule is Cc1ccc([N+](=O)[O-])cc1-n1cc(C(C)N)nn1. The van der Waals surface area contributed by atoms with Crippen LogP contribution in [0.3, 0.4) is 0 Å². The van der Waals surface area contributed by atoms with Crippen molar-refractivity contribution < 1.29 is 4.92 Å². The van der Waals surface area contributed by atoms with E-state index in [0.717, 1.165) is 5.56 Å². The summed E-state index contributed by atoms with van der Waals surface area (Å²) in [7, 11) is 0. The van der Waals surface area contributed by atoms with Crippen LogP contribution in [0.4, 0.5) is 5.69 Å². The normalized spacial score (nSPS) is 12.4. The van der Waals surface area contributed by atoms with Crippen molar-refractivity contribution >= 4 is 5.69 Å². The zero-order valence-electron chi connectivity index (χ0n) is 10.1. The molecule has 0 radical (unpaired) electrons. The second-order valence-corrected chi connectivity index (χ2v) is 4.10. The summed E-state index contributed by atoms with van der Waals surface area (Å²) in [6, 6.07) is 4.38. The van der Waals surface area contributed by atoms with E-state index in [1.165, 1.54) is 16.8 Å². The summed E-state index contributed by atoms with van der Waals surface area (Å²) < 4.78 is 1.50. The van der Waals surface area contributed by atoms with Crippen LogP contribution in [0, 0.1) is 17.0 Å². The third kappa shape index (κ3) is 2.21. The maximum absolute atomic E-state index is 10.7. The van der Waals surface area contributed by atoms with Crippen molar-refractivity contribution in [3.63, 3.8) is 0 Å². The zero-order valence-corrected chi connectivity index (χ0v) is 10.1. The van der Waals surface area contributed by atoms with Crippen LogP contribution in [0.2, 0.25) is 0 Å². The number of aromatic nitrogens is 3. The Morgan fingerprint density at radius 1 is 1.50 bits per heavy atom. The number of non-ortho nitro benzene ring substituents is 1. The highest BCUT2D eigenvalue weighted by Gasteiger charge is 2.12. The van der Waals surface area contributed by atoms with Gasteiger partial charge in [-0.2, -0.15) is 0 Å². The molecule has 0 fully saturated rings. The number of nitrogens with two attached hydrogens (primary N) is 1. The van der Waals surface area contributed by atoms with Crippen LogP contribution >= 0.6 is 0 Å². The highest BCUT2D eigenvalue weighted by atomic mass is 16.6. The Hall–Kier alpha value is -2.28. The van der Waals surface area contributed by atoms with Gasteiger partial charge in [-0.1, -0.05) is 11.3 Å². The minimum atomic E-state index is -0.438. The molecule has 0 saturated carbocycles. The Kier molecular flexibility index (Phi) is 3.07. The van der Waals surface area contributed by atoms with Crippen molar-refractivity contribution in [2.75, 3.05) is 0 Å². The first kappa shape index (κ1) is 12.2. The standard InChI is InChI=1S/C11H13N5O2/c1-7-3-4-9(16(17)18)5-11(7)15-6-10(8(2)12)13-14-15/h3-6,8H,12H2,1-2H3. The maximum atomic E-state index is 10.7. The van der Waals surface area contributed by atoms with Gasteiger partial charge in [-0.3, -0.25) is 10.1 Å². The predicted octanol–water partition coefficient (Wildman–Crippen LogP) is 1.50. The second kappa shape index (κ2) is 4.53. The smallest absolute Gasteiger partial charge is 0.271 e. The van der Waals surface area contributed by atoms with Crippen LogP contribution in [0.5, 0.6) is 0 Å². The molecule has 2 rings (SSSR count). The van der Waals surface area contributed by atoms with Gasteiger partial charge in [0.2, 0.25) is 0 Å². The van der Waals surface area contributed by atoms with Gasteiger partial charge in [-0.05, 0) is 19.4 Å². The van der Waals surface area contributed by atoms with E-state index >= 15 is 0 Å². The first-order valence-electron chi connectivity index (χ1n) is 5.42. The lowest BCUT2D eigenvalue weighted by Gasteiger charge is -2.04. The molecule has 0 amide bonds. The molecular weight excluding hydrogens is 234 g/mol. The summed E-state index contributed by atoms with van der Waals surface area (Å²) in [4.78, 5) is 10.3. The van der Waals surface area contributed by atoms with E-state index < -0.39 is 4.92 Å². The molecule has 0 aliphatic heterocycles. The molecule has 2 N–H and O–H groups in total. The lowest BCUT2D eigenvalue weighted by Crippen LogP contribution is -2.05. The third-order valence-electron chi connectivity index (χ3n) is 2.63. The van der Waals surface area contributed by atoms with Crippen LogP contribution in [0.25, 0.3) is 5.69 Å². The van der Waals surface area contributed by atoms with E-state index in [4.69, 9.17) is 5.73 Å². The molecule has 1 aromatic heterocycles. The molecule has 18 heavy (non-hydrogen) atoms. The highest BCUT2D eigenvalue weighted by Crippen LogP contribution is 2.20. The van der Waals surface area contributed by atoms with Gasteiger partial charge in [0, 0.05) is 18.2 Å². The number of hydrogen-bond acceptors (Lipinski definition) is 5. The molecule has 2 aromatic rings. The molecular formula is C11H13N5O2. The van der Waals surface area contributed by atoms with Crippen LogP contribution in [-0.4, -0.2) is 19.9 Å². The number of nitro benzene ring substituents is 1. The maximum Gasteiger partial charge on any atom is 0.271 e. The molecule has 7 heteroatoms. The van der Waals surface area contributed by atoms with Gasteiger partial charge in [0.25, 0.3) is 5.69 Å². The highest BCUT2D eigenvalue weighted by molar-refractivity contribution is 5.48. The fraction of sp³-hybridized carbons (Fsp3) is 0.273. The average molecular weight is 247 g/mol. The summed E-state index contributed by atoms with van der Waals surface area (Å²) in [5, 5.41) is 18.6. The summed E-state index contributed by atoms with van der Waals surface area (Å²) in [5.41, 5.74) is 7.86. The molecule has 0 aliphatic rings. The lowest BCUT2D eigenvalue weighted by molar-refractivity contribution is -0.384. The summed E-state index contributed by atoms with van der Waals surface area (Å²) in [6.07, 6.45) is 1.68. The Morgan fingerprint density at radius 2 is 2.22 bits per heavy atom. The Morgan fingerprint density at radius 3 is 2.78 bits per heavy atom. The van der Waals surface area contributed by atoms with Gasteiger partial charge in [0.15, 0.2) is 0 Å². The number of benzene rings is 1. The molecule has 1 atom stereocenters. The third-order valence-corrected chi connectivity index (χ3v) is 2.63. The van der Waals surface area contributed by atoms with Gasteiger partial charge < -0.3 is 5.73 Å². The number of nitrogens with zero attached hydrogens (tertiary/aromatic N) is 4. The molecule has 0 saturated heterocycles. The van der Waals surface area contributed by atoms with Crippen molar-refractivity contribution in [1.82, 2.24) is 15.0 Å². The van der Waals surface area contributed by atoms with E-state index in [1.807, 2.05) is 6.92 Å². The van der Waals surface area contributed by atoms with Gasteiger partial charge in [-0.25, -0.2) is 4.68 Å². The monoisotopic (exact) mass is 247 g/mol. The molecule has 1 aromatic carbocycles. The lowest BCUT2D eigenvalue weighted by atomic mass is 10.2. The number of nitro groups is 1. The molecule has 0 aliphatic carbocycles. The van der Waals surface area contributed by atoms with Crippen molar-refractivity contribution in [3.05, 3.63) is 45.8 Å². The molecule has 0 bridgehead atoms. The summed E-state index contributed by atoms with van der Waals surface area (Å²) in [6.45, 7) is 3.65. The van der Waals surface area contributed by atoms with Gasteiger partial charge in [-0.15, -0.1) is 5.10 Å². The van der Waals surface area contributed by atoms with E-state index in [-0.39, 0.29) is 11.7 Å². The quantitative estimate of drug-likeness (QED) is 0.654. The fourth-order valence-corrected chi connectivity index (χ4v) is 1.56. The summed E-state index contributed by atoms with van der Waals surface area (Å²) >= 11 is 0. The number of rotatable bonds is 3. The average Bonchev–Trinajstić information content (AvgIpc) is 2.78. The minimum Gasteiger partial charge on any atom is -0.323 e. The summed E-state index contributed by atoms with van der Waals surface area (Å²) in [5.74, 6) is 0. The first-order chi connectivity index (χ1) is 8.49. The van der Waals surface area contributed by atoms with Crippen LogP contribution in [0.15, 0.2) is 24.4 Å². The van der Waals surface area contributed by atoms with E-state index in [0.29, 0.717) is 11.4 Å². The van der Waals surface area contributed by atoms with E-state index in [2.05, 4.69) is 10.3 Å². The van der Waals surface area contributed by atoms with Gasteiger partial charge in [0.05, 0.1) is 22.5 Å². The fourth-order valence-electron chi connectivity index (χ4n) is 1.56. The first-order valence-corrected chi connectivity index (χ1v) is 5.42. The largest absolute Gasteiger partial charge is 0.323 e. The van der Waals surface area contributed by atoms with Gasteiger partial charge >= 0.3 is 0 Å². The number of aryl methyl sites for hydroxylation is 1. The minimum absolute atomic E-state index is 0.0217. The number of hydrogen-bond donors (Lipinski definition) is 1. The van der Waals surface area contributed by atoms with Crippen molar-refractivity contribution in [3.8, 4) is 5.69 Å². The zero-order chi connectivity index (χ0) is 13.3. The van der Waals surface area contributed by atoms with Crippen molar-refractivity contribution in [2.45, 2.75) is 19.9 Å². The molecule has 0 spiro atoms. The molecule has 1 unspecified atom stereocenters. The second-order valence-electron chi connectivity index (χ2n) is 4.10. The predicted molar refractivity (Wildman–Crippen MR) is 65.4 cm³/mol. The van der Waals surface area contributed by atoms with E-state index in [1.54, 1.807) is 19.2 Å². The van der Waals surface area contributed by atoms with Crippen molar-refractivity contribution in [1.29, 1.82) is 0 Å². The van der Waals surface area contributed by atoms with E-state index in [9.17, 15) is 10.1 Å². The van der Waals surface area contributed by atoms with Crippen LogP contribution < -0.4 is 5.73 Å². The van der Waals surface area contributed by atoms with Crippen LogP contribution in [0.1, 0.15) is 24.2 Å². The van der Waals surface area contributed by atoms with Gasteiger partial charge in [0.1, 0.15) is 0 Å². The van der Waals surface area contributed by atoms with Crippen LogP contribution in [-0.2, 0) is 0 Å². The molecule has 7 nitrogen and oxygen atoms in total. The topological polar surface area (TPSA) is 99.9 Å². The Bertz CT molecular complexity index is 591. The molecule has 1 heterocycles. The Labute approximate surface area is 103 Å². The Balaban J connectivity index is 2.48. The van der Waals surface area contributed by atoms with Crippen molar-refractivity contribution in [2.24, 2.45) is 5.73 Å². The molecule has 94 valence electrons.